The second kappa shape index (κ2) is 6.49. The van der Waals surface area contributed by atoms with Crippen molar-refractivity contribution in [3.63, 3.8) is 0 Å². The van der Waals surface area contributed by atoms with Crippen LogP contribution in [0.2, 0.25) is 0 Å². The predicted octanol–water partition coefficient (Wildman–Crippen LogP) is 2.11. The highest BCUT2D eigenvalue weighted by atomic mass is 19.1. The Balaban J connectivity index is 2.25. The number of carbonyl (C=O) groups excluding carboxylic acids is 1. The molecule has 7 nitrogen and oxygen atoms in total. The lowest BCUT2D eigenvalue weighted by Gasteiger charge is -2.13. The average molecular weight is 298 g/mol. The summed E-state index contributed by atoms with van der Waals surface area (Å²) in [6, 6.07) is 1.91. The number of nitro benzene ring substituents is 1. The first kappa shape index (κ1) is 15.2. The number of rotatable bonds is 5. The summed E-state index contributed by atoms with van der Waals surface area (Å²) in [7, 11) is 1.12. The van der Waals surface area contributed by atoms with Gasteiger partial charge in [0.1, 0.15) is 5.69 Å². The summed E-state index contributed by atoms with van der Waals surface area (Å²) >= 11 is 0. The number of esters is 1. The van der Waals surface area contributed by atoms with Crippen molar-refractivity contribution in [1.82, 2.24) is 0 Å². The molecule has 2 rings (SSSR count). The zero-order valence-corrected chi connectivity index (χ0v) is 11.4. The van der Waals surface area contributed by atoms with Crippen molar-refractivity contribution in [3.05, 3.63) is 33.6 Å². The number of hydrogen-bond donors (Lipinski definition) is 1. The van der Waals surface area contributed by atoms with Crippen molar-refractivity contribution in [2.24, 2.45) is 0 Å². The highest BCUT2D eigenvalue weighted by Crippen LogP contribution is 2.30. The maximum absolute atomic E-state index is 14.0. The van der Waals surface area contributed by atoms with E-state index in [1.54, 1.807) is 0 Å². The number of ether oxygens (including phenoxy) is 2. The first-order valence-electron chi connectivity index (χ1n) is 6.44. The van der Waals surface area contributed by atoms with Crippen LogP contribution in [0, 0.1) is 15.9 Å². The first-order valence-corrected chi connectivity index (χ1v) is 6.44. The molecule has 0 aliphatic carbocycles. The summed E-state index contributed by atoms with van der Waals surface area (Å²) in [6.45, 7) is 0.910. The van der Waals surface area contributed by atoms with Crippen LogP contribution < -0.4 is 5.32 Å². The maximum atomic E-state index is 14.0. The van der Waals surface area contributed by atoms with Crippen molar-refractivity contribution in [1.29, 1.82) is 0 Å². The van der Waals surface area contributed by atoms with Crippen LogP contribution in [0.3, 0.4) is 0 Å². The minimum atomic E-state index is -0.873. The monoisotopic (exact) mass is 298 g/mol. The molecular formula is C13H15FN2O5. The second-order valence-corrected chi connectivity index (χ2v) is 4.62. The molecule has 1 saturated heterocycles. The lowest BCUT2D eigenvalue weighted by atomic mass is 10.1. The molecule has 21 heavy (non-hydrogen) atoms. The minimum absolute atomic E-state index is 0.0933. The number of carbonyl (C=O) groups is 1. The molecule has 1 N–H and O–H groups in total. The fourth-order valence-corrected chi connectivity index (χ4v) is 2.17. The van der Waals surface area contributed by atoms with E-state index in [0.717, 1.165) is 32.1 Å². The molecule has 0 aromatic heterocycles. The van der Waals surface area contributed by atoms with Crippen LogP contribution in [0.1, 0.15) is 23.2 Å². The highest BCUT2D eigenvalue weighted by molar-refractivity contribution is 5.91. The molecule has 1 aromatic rings. The van der Waals surface area contributed by atoms with Crippen molar-refractivity contribution >= 4 is 17.3 Å². The van der Waals surface area contributed by atoms with Crippen LogP contribution in [-0.2, 0) is 9.47 Å². The molecule has 0 radical (unpaired) electrons. The lowest BCUT2D eigenvalue weighted by molar-refractivity contribution is -0.384. The topological polar surface area (TPSA) is 90.7 Å². The number of anilines is 1. The van der Waals surface area contributed by atoms with E-state index in [1.165, 1.54) is 0 Å². The number of hydrogen-bond acceptors (Lipinski definition) is 6. The largest absolute Gasteiger partial charge is 0.465 e. The number of nitrogens with zero attached hydrogens (tertiary/aromatic N) is 1. The third kappa shape index (κ3) is 3.46. The van der Waals surface area contributed by atoms with E-state index in [4.69, 9.17) is 4.74 Å². The Morgan fingerprint density at radius 3 is 2.95 bits per heavy atom. The summed E-state index contributed by atoms with van der Waals surface area (Å²) in [5.74, 6) is -1.70. The molecule has 0 amide bonds. The van der Waals surface area contributed by atoms with Gasteiger partial charge in [0, 0.05) is 19.2 Å². The van der Waals surface area contributed by atoms with Gasteiger partial charge in [-0.3, -0.25) is 10.1 Å². The van der Waals surface area contributed by atoms with Gasteiger partial charge in [-0.1, -0.05) is 0 Å². The molecule has 114 valence electrons. The van der Waals surface area contributed by atoms with E-state index in [0.29, 0.717) is 6.61 Å². The zero-order chi connectivity index (χ0) is 15.4. The summed E-state index contributed by atoms with van der Waals surface area (Å²) in [5, 5.41) is 13.7. The minimum Gasteiger partial charge on any atom is -0.465 e. The highest BCUT2D eigenvalue weighted by Gasteiger charge is 2.24. The number of methoxy groups -OCH3 is 1. The maximum Gasteiger partial charge on any atom is 0.338 e. The molecule has 0 spiro atoms. The SMILES string of the molecule is COC(=O)c1cc(F)c(NC[C@H]2CCCO2)c([N+](=O)[O-])c1. The van der Waals surface area contributed by atoms with Crippen LogP contribution in [0.25, 0.3) is 0 Å². The molecule has 1 aliphatic heterocycles. The van der Waals surface area contributed by atoms with Gasteiger partial charge >= 0.3 is 5.97 Å². The van der Waals surface area contributed by atoms with E-state index in [-0.39, 0.29) is 23.9 Å². The van der Waals surface area contributed by atoms with Gasteiger partial charge in [-0.05, 0) is 18.9 Å². The molecule has 0 saturated carbocycles. The number of benzene rings is 1. The zero-order valence-electron chi connectivity index (χ0n) is 11.4. The quantitative estimate of drug-likeness (QED) is 0.508. The van der Waals surface area contributed by atoms with Gasteiger partial charge in [0.25, 0.3) is 5.69 Å². The Labute approximate surface area is 120 Å². The van der Waals surface area contributed by atoms with Crippen LogP contribution >= 0.6 is 0 Å². The third-order valence-electron chi connectivity index (χ3n) is 3.22. The summed E-state index contributed by atoms with van der Waals surface area (Å²) in [6.07, 6.45) is 1.64. The van der Waals surface area contributed by atoms with E-state index in [2.05, 4.69) is 10.1 Å². The summed E-state index contributed by atoms with van der Waals surface area (Å²) < 4.78 is 23.8. The normalized spacial score (nSPS) is 17.5. The molecule has 0 bridgehead atoms. The Morgan fingerprint density at radius 2 is 2.38 bits per heavy atom. The van der Waals surface area contributed by atoms with Gasteiger partial charge in [-0.2, -0.15) is 0 Å². The summed E-state index contributed by atoms with van der Waals surface area (Å²) in [4.78, 5) is 21.7. The number of halogens is 1. The molecule has 0 unspecified atom stereocenters. The Bertz CT molecular complexity index is 558. The van der Waals surface area contributed by atoms with Crippen molar-refractivity contribution in [2.75, 3.05) is 25.6 Å². The van der Waals surface area contributed by atoms with E-state index in [1.807, 2.05) is 0 Å². The van der Waals surface area contributed by atoms with Crippen molar-refractivity contribution < 1.29 is 23.6 Å². The fraction of sp³-hybridized carbons (Fsp3) is 0.462. The van der Waals surface area contributed by atoms with Crippen LogP contribution in [0.4, 0.5) is 15.8 Å². The summed E-state index contributed by atoms with van der Waals surface area (Å²) in [5.41, 5.74) is -0.957. The first-order chi connectivity index (χ1) is 10.0. The van der Waals surface area contributed by atoms with Gasteiger partial charge in [0.15, 0.2) is 5.82 Å². The molecule has 1 heterocycles. The van der Waals surface area contributed by atoms with Crippen LogP contribution in [0.15, 0.2) is 12.1 Å². The third-order valence-corrected chi connectivity index (χ3v) is 3.22. The Morgan fingerprint density at radius 1 is 1.62 bits per heavy atom. The molecule has 1 atom stereocenters. The van der Waals surface area contributed by atoms with Gasteiger partial charge < -0.3 is 14.8 Å². The molecule has 1 fully saturated rings. The van der Waals surface area contributed by atoms with E-state index in [9.17, 15) is 19.3 Å². The molecule has 1 aliphatic rings. The van der Waals surface area contributed by atoms with Crippen molar-refractivity contribution in [2.45, 2.75) is 18.9 Å². The van der Waals surface area contributed by atoms with E-state index >= 15 is 0 Å². The number of nitro groups is 1. The van der Waals surface area contributed by atoms with Gasteiger partial charge in [-0.25, -0.2) is 9.18 Å². The predicted molar refractivity (Wildman–Crippen MR) is 71.9 cm³/mol. The van der Waals surface area contributed by atoms with E-state index < -0.39 is 22.4 Å². The standard InChI is InChI=1S/C13H15FN2O5/c1-20-13(17)8-5-10(14)12(11(6-8)16(18)19)15-7-9-3-2-4-21-9/h5-6,9,15H,2-4,7H2,1H3/t9-/m1/s1. The number of nitrogens with one attached hydrogen (secondary N) is 1. The average Bonchev–Trinajstić information content (AvgIpc) is 2.97. The van der Waals surface area contributed by atoms with Crippen molar-refractivity contribution in [3.8, 4) is 0 Å². The molecular weight excluding hydrogens is 283 g/mol. The molecule has 8 heteroatoms. The fourth-order valence-electron chi connectivity index (χ4n) is 2.17. The van der Waals surface area contributed by atoms with Gasteiger partial charge in [0.05, 0.1) is 23.7 Å². The van der Waals surface area contributed by atoms with Gasteiger partial charge in [0.2, 0.25) is 0 Å². The smallest absolute Gasteiger partial charge is 0.338 e. The molecule has 1 aromatic carbocycles. The lowest BCUT2D eigenvalue weighted by Crippen LogP contribution is -2.20. The Hall–Kier alpha value is -2.22. The Kier molecular flexibility index (Phi) is 4.69. The second-order valence-electron chi connectivity index (χ2n) is 4.62. The van der Waals surface area contributed by atoms with Crippen LogP contribution in [-0.4, -0.2) is 37.3 Å². The van der Waals surface area contributed by atoms with Crippen LogP contribution in [0.5, 0.6) is 0 Å². The van der Waals surface area contributed by atoms with Gasteiger partial charge in [-0.15, -0.1) is 0 Å².